The van der Waals surface area contributed by atoms with Crippen LogP contribution in [0.25, 0.3) is 10.9 Å². The minimum atomic E-state index is -0.00211. The highest BCUT2D eigenvalue weighted by Gasteiger charge is 2.23. The van der Waals surface area contributed by atoms with E-state index in [1.54, 1.807) is 17.9 Å². The quantitative estimate of drug-likeness (QED) is 0.707. The zero-order chi connectivity index (χ0) is 19.0. The van der Waals surface area contributed by atoms with Gasteiger partial charge >= 0.3 is 0 Å². The molecule has 7 heteroatoms. The molecule has 0 spiro atoms. The zero-order valence-electron chi connectivity index (χ0n) is 16.0. The van der Waals surface area contributed by atoms with E-state index in [0.717, 1.165) is 55.6 Å². The van der Waals surface area contributed by atoms with Crippen LogP contribution >= 0.6 is 0 Å². The number of hydrogen-bond acceptors (Lipinski definition) is 6. The van der Waals surface area contributed by atoms with Gasteiger partial charge in [0.25, 0.3) is 5.56 Å². The van der Waals surface area contributed by atoms with Crippen LogP contribution in [0.3, 0.4) is 0 Å². The molecule has 1 aromatic carbocycles. The highest BCUT2D eigenvalue weighted by molar-refractivity contribution is 5.78. The van der Waals surface area contributed by atoms with Crippen molar-refractivity contribution in [2.24, 2.45) is 7.05 Å². The maximum Gasteiger partial charge on any atom is 0.262 e. The van der Waals surface area contributed by atoms with Crippen molar-refractivity contribution >= 4 is 22.7 Å². The van der Waals surface area contributed by atoms with E-state index >= 15 is 0 Å². The summed E-state index contributed by atoms with van der Waals surface area (Å²) in [7, 11) is 1.80. The lowest BCUT2D eigenvalue weighted by Crippen LogP contribution is -2.48. The van der Waals surface area contributed by atoms with Crippen LogP contribution in [0, 0.1) is 6.92 Å². The molecule has 1 aliphatic heterocycles. The molecule has 0 unspecified atom stereocenters. The van der Waals surface area contributed by atoms with E-state index in [1.807, 2.05) is 31.2 Å². The number of hydrogen-bond donors (Lipinski definition) is 0. The monoisotopic (exact) mass is 364 g/mol. The first-order valence-electron chi connectivity index (χ1n) is 9.36. The summed E-state index contributed by atoms with van der Waals surface area (Å²) in [5.41, 5.74) is 3.00. The number of nitrogens with zero attached hydrogens (tertiary/aromatic N) is 6. The number of anilines is 2. The number of para-hydroxylation sites is 1. The van der Waals surface area contributed by atoms with Crippen molar-refractivity contribution in [3.8, 4) is 0 Å². The summed E-state index contributed by atoms with van der Waals surface area (Å²) < 4.78 is 1.66. The minimum absolute atomic E-state index is 0.00211. The van der Waals surface area contributed by atoms with Gasteiger partial charge in [-0.25, -0.2) is 15.0 Å². The molecule has 1 aliphatic rings. The Balaban J connectivity index is 1.60. The number of fused-ring (bicyclic) bond motifs is 1. The molecule has 0 atom stereocenters. The van der Waals surface area contributed by atoms with Crippen LogP contribution in [-0.4, -0.2) is 45.7 Å². The minimum Gasteiger partial charge on any atom is -0.353 e. The van der Waals surface area contributed by atoms with Gasteiger partial charge in [0.15, 0.2) is 0 Å². The van der Waals surface area contributed by atoms with Gasteiger partial charge in [0.2, 0.25) is 5.95 Å². The average molecular weight is 364 g/mol. The van der Waals surface area contributed by atoms with Crippen molar-refractivity contribution in [1.82, 2.24) is 19.5 Å². The third kappa shape index (κ3) is 3.03. The second kappa shape index (κ2) is 6.98. The van der Waals surface area contributed by atoms with Crippen molar-refractivity contribution in [2.45, 2.75) is 20.3 Å². The van der Waals surface area contributed by atoms with E-state index < -0.39 is 0 Å². The molecule has 2 aromatic heterocycles. The van der Waals surface area contributed by atoms with Gasteiger partial charge in [0.05, 0.1) is 10.9 Å². The van der Waals surface area contributed by atoms with Crippen LogP contribution < -0.4 is 15.4 Å². The number of aromatic nitrogens is 4. The second-order valence-electron chi connectivity index (χ2n) is 6.88. The standard InChI is InChI=1S/C20H24N6O/c1-4-15-14(2)21-13-22-18(15)25-9-11-26(12-10-25)20-23-17-8-6-5-7-16(17)19(27)24(20)3/h5-8,13H,4,9-12H2,1-3H3. The average Bonchev–Trinajstić information content (AvgIpc) is 2.71. The van der Waals surface area contributed by atoms with Gasteiger partial charge in [-0.05, 0) is 25.5 Å². The molecule has 0 saturated carbocycles. The summed E-state index contributed by atoms with van der Waals surface area (Å²) in [5, 5.41) is 0.659. The maximum atomic E-state index is 12.7. The summed E-state index contributed by atoms with van der Waals surface area (Å²) >= 11 is 0. The Kier molecular flexibility index (Phi) is 4.51. The lowest BCUT2D eigenvalue weighted by atomic mass is 10.1. The van der Waals surface area contributed by atoms with Crippen molar-refractivity contribution in [2.75, 3.05) is 36.0 Å². The Morgan fingerprint density at radius 2 is 1.74 bits per heavy atom. The molecular weight excluding hydrogens is 340 g/mol. The van der Waals surface area contributed by atoms with Crippen molar-refractivity contribution in [1.29, 1.82) is 0 Å². The van der Waals surface area contributed by atoms with Gasteiger partial charge in [-0.1, -0.05) is 19.1 Å². The van der Waals surface area contributed by atoms with E-state index in [9.17, 15) is 4.79 Å². The molecule has 1 fully saturated rings. The molecule has 1 saturated heterocycles. The van der Waals surface area contributed by atoms with Gasteiger partial charge in [-0.2, -0.15) is 0 Å². The summed E-state index contributed by atoms with van der Waals surface area (Å²) in [4.78, 5) is 30.8. The Hall–Kier alpha value is -2.96. The molecule has 0 radical (unpaired) electrons. The fourth-order valence-electron chi connectivity index (χ4n) is 3.78. The summed E-state index contributed by atoms with van der Waals surface area (Å²) in [6.45, 7) is 7.45. The first kappa shape index (κ1) is 17.5. The van der Waals surface area contributed by atoms with Crippen molar-refractivity contribution in [3.63, 3.8) is 0 Å². The SMILES string of the molecule is CCc1c(C)ncnc1N1CCN(c2nc3ccccc3c(=O)n2C)CC1. The predicted molar refractivity (Wildman–Crippen MR) is 108 cm³/mol. The molecule has 27 heavy (non-hydrogen) atoms. The van der Waals surface area contributed by atoms with Crippen LogP contribution in [0.5, 0.6) is 0 Å². The lowest BCUT2D eigenvalue weighted by molar-refractivity contribution is 0.615. The van der Waals surface area contributed by atoms with Crippen LogP contribution in [0.15, 0.2) is 35.4 Å². The van der Waals surface area contributed by atoms with Crippen LogP contribution in [0.2, 0.25) is 0 Å². The fourth-order valence-corrected chi connectivity index (χ4v) is 3.78. The Morgan fingerprint density at radius 1 is 1.04 bits per heavy atom. The lowest BCUT2D eigenvalue weighted by Gasteiger charge is -2.37. The molecule has 0 aliphatic carbocycles. The normalized spacial score (nSPS) is 14.8. The van der Waals surface area contributed by atoms with Gasteiger partial charge in [0.1, 0.15) is 12.1 Å². The molecule has 0 N–H and O–H groups in total. The number of rotatable bonds is 3. The van der Waals surface area contributed by atoms with Gasteiger partial charge in [-0.3, -0.25) is 9.36 Å². The topological polar surface area (TPSA) is 67.2 Å². The van der Waals surface area contributed by atoms with Crippen molar-refractivity contribution in [3.05, 3.63) is 52.2 Å². The largest absolute Gasteiger partial charge is 0.353 e. The second-order valence-corrected chi connectivity index (χ2v) is 6.88. The summed E-state index contributed by atoms with van der Waals surface area (Å²) in [5.74, 6) is 1.76. The molecule has 3 heterocycles. The summed E-state index contributed by atoms with van der Waals surface area (Å²) in [6.07, 6.45) is 2.56. The van der Waals surface area contributed by atoms with Crippen LogP contribution in [-0.2, 0) is 13.5 Å². The third-order valence-electron chi connectivity index (χ3n) is 5.31. The fraction of sp³-hybridized carbons (Fsp3) is 0.400. The highest BCUT2D eigenvalue weighted by Crippen LogP contribution is 2.23. The predicted octanol–water partition coefficient (Wildman–Crippen LogP) is 1.92. The van der Waals surface area contributed by atoms with E-state index in [0.29, 0.717) is 5.39 Å². The van der Waals surface area contributed by atoms with E-state index in [1.165, 1.54) is 5.56 Å². The molecule has 140 valence electrons. The van der Waals surface area contributed by atoms with Crippen molar-refractivity contribution < 1.29 is 0 Å². The number of piperazine rings is 1. The van der Waals surface area contributed by atoms with Gasteiger partial charge < -0.3 is 9.80 Å². The van der Waals surface area contributed by atoms with Crippen LogP contribution in [0.4, 0.5) is 11.8 Å². The highest BCUT2D eigenvalue weighted by atomic mass is 16.1. The molecule has 0 bridgehead atoms. The number of aryl methyl sites for hydroxylation is 1. The maximum absolute atomic E-state index is 12.7. The first-order valence-corrected chi connectivity index (χ1v) is 9.36. The smallest absolute Gasteiger partial charge is 0.262 e. The van der Waals surface area contributed by atoms with E-state index in [-0.39, 0.29) is 5.56 Å². The Morgan fingerprint density at radius 3 is 2.48 bits per heavy atom. The van der Waals surface area contributed by atoms with Crippen LogP contribution in [0.1, 0.15) is 18.2 Å². The zero-order valence-corrected chi connectivity index (χ0v) is 16.0. The molecule has 3 aromatic rings. The Bertz CT molecular complexity index is 1040. The van der Waals surface area contributed by atoms with Gasteiger partial charge in [0, 0.05) is 44.5 Å². The molecule has 0 amide bonds. The first-order chi connectivity index (χ1) is 13.1. The van der Waals surface area contributed by atoms with E-state index in [2.05, 4.69) is 26.7 Å². The molecule has 7 nitrogen and oxygen atoms in total. The van der Waals surface area contributed by atoms with E-state index in [4.69, 9.17) is 4.98 Å². The Labute approximate surface area is 158 Å². The molecule has 4 rings (SSSR count). The van der Waals surface area contributed by atoms with Gasteiger partial charge in [-0.15, -0.1) is 0 Å². The third-order valence-corrected chi connectivity index (χ3v) is 5.31. The molecular formula is C20H24N6O. The summed E-state index contributed by atoms with van der Waals surface area (Å²) in [6, 6.07) is 7.52. The number of benzene rings is 1.